The summed E-state index contributed by atoms with van der Waals surface area (Å²) < 4.78 is 11.2. The van der Waals surface area contributed by atoms with E-state index in [1.807, 2.05) is 0 Å². The van der Waals surface area contributed by atoms with Gasteiger partial charge in [-0.05, 0) is 60.5 Å². The van der Waals surface area contributed by atoms with Gasteiger partial charge < -0.3 is 14.3 Å². The summed E-state index contributed by atoms with van der Waals surface area (Å²) in [6.07, 6.45) is 3.11. The Hall–Kier alpha value is -3.81. The molecule has 2 aromatic heterocycles. The fourth-order valence-corrected chi connectivity index (χ4v) is 4.76. The van der Waals surface area contributed by atoms with Gasteiger partial charge in [-0.15, -0.1) is 0 Å². The van der Waals surface area contributed by atoms with Crippen LogP contribution in [-0.4, -0.2) is 28.9 Å². The molecule has 0 saturated carbocycles. The molecule has 0 spiro atoms. The number of nitrogens with zero attached hydrogens (tertiary/aromatic N) is 2. The van der Waals surface area contributed by atoms with Gasteiger partial charge in [0.15, 0.2) is 22.9 Å². The van der Waals surface area contributed by atoms with E-state index < -0.39 is 23.5 Å². The first-order chi connectivity index (χ1) is 16.8. The van der Waals surface area contributed by atoms with E-state index in [1.54, 1.807) is 61.8 Å². The molecule has 4 aromatic rings. The third kappa shape index (κ3) is 3.83. The molecule has 0 aliphatic carbocycles. The summed E-state index contributed by atoms with van der Waals surface area (Å²) in [5.74, 6) is -1.71. The van der Waals surface area contributed by atoms with Gasteiger partial charge in [0.1, 0.15) is 0 Å². The Labute approximate surface area is 210 Å². The minimum absolute atomic E-state index is 0.0661. The van der Waals surface area contributed by atoms with Gasteiger partial charge in [-0.3, -0.25) is 19.5 Å². The van der Waals surface area contributed by atoms with E-state index >= 15 is 0 Å². The molecule has 0 bridgehead atoms. The molecule has 35 heavy (non-hydrogen) atoms. The number of rotatable bonds is 5. The number of aromatic nitrogens is 1. The molecule has 3 heterocycles. The van der Waals surface area contributed by atoms with Gasteiger partial charge in [-0.25, -0.2) is 0 Å². The number of anilines is 1. The Morgan fingerprint density at radius 1 is 1.09 bits per heavy atom. The minimum atomic E-state index is -0.920. The van der Waals surface area contributed by atoms with E-state index in [4.69, 9.17) is 32.4 Å². The maximum atomic E-state index is 13.8. The summed E-state index contributed by atoms with van der Waals surface area (Å²) >= 11 is 12.3. The summed E-state index contributed by atoms with van der Waals surface area (Å²) in [7, 11) is 1.46. The van der Waals surface area contributed by atoms with E-state index in [1.165, 1.54) is 18.1 Å². The lowest BCUT2D eigenvalue weighted by atomic mass is 9.95. The second-order valence-electron chi connectivity index (χ2n) is 8.02. The lowest BCUT2D eigenvalue weighted by Gasteiger charge is -2.28. The average molecular weight is 509 g/mol. The van der Waals surface area contributed by atoms with Crippen LogP contribution >= 0.6 is 23.2 Å². The van der Waals surface area contributed by atoms with Gasteiger partial charge in [0.25, 0.3) is 5.91 Å². The first-order valence-corrected chi connectivity index (χ1v) is 11.3. The van der Waals surface area contributed by atoms with Crippen molar-refractivity contribution in [2.24, 2.45) is 0 Å². The van der Waals surface area contributed by atoms with E-state index in [0.717, 1.165) is 0 Å². The summed E-state index contributed by atoms with van der Waals surface area (Å²) in [4.78, 5) is 32.5. The molecule has 2 aromatic carbocycles. The lowest BCUT2D eigenvalue weighted by Crippen LogP contribution is -2.31. The number of ketones is 1. The SMILES string of the molecule is COc1cc(Cl)cc2cc(C(=O)C3=C(O)C(=O)N(c4ccc(Cl)cc4C)C3c3ccncc3)oc12. The minimum Gasteiger partial charge on any atom is -0.503 e. The number of carbonyl (C=O) groups is 2. The predicted octanol–water partition coefficient (Wildman–Crippen LogP) is 6.23. The Kier molecular flexibility index (Phi) is 5.75. The van der Waals surface area contributed by atoms with Gasteiger partial charge in [0.05, 0.1) is 18.7 Å². The highest BCUT2D eigenvalue weighted by atomic mass is 35.5. The van der Waals surface area contributed by atoms with Crippen molar-refractivity contribution in [3.05, 3.63) is 99.2 Å². The van der Waals surface area contributed by atoms with Gasteiger partial charge in [-0.1, -0.05) is 23.2 Å². The second kappa shape index (κ2) is 8.76. The predicted molar refractivity (Wildman–Crippen MR) is 132 cm³/mol. The number of benzene rings is 2. The first kappa shape index (κ1) is 23.0. The fourth-order valence-electron chi connectivity index (χ4n) is 4.32. The number of ether oxygens (including phenoxy) is 1. The Morgan fingerprint density at radius 3 is 2.51 bits per heavy atom. The van der Waals surface area contributed by atoms with Crippen LogP contribution in [0.1, 0.15) is 27.7 Å². The van der Waals surface area contributed by atoms with Crippen LogP contribution in [0.4, 0.5) is 5.69 Å². The molecule has 1 aliphatic rings. The number of fused-ring (bicyclic) bond motifs is 1. The number of amides is 1. The number of furan rings is 1. The second-order valence-corrected chi connectivity index (χ2v) is 8.89. The van der Waals surface area contributed by atoms with Gasteiger partial charge in [0, 0.05) is 39.6 Å². The number of Topliss-reactive ketones (excluding diaryl/α,β-unsaturated/α-hetero) is 1. The number of pyridine rings is 1. The number of hydrogen-bond acceptors (Lipinski definition) is 6. The topological polar surface area (TPSA) is 92.9 Å². The van der Waals surface area contributed by atoms with Crippen molar-refractivity contribution in [2.75, 3.05) is 12.0 Å². The Morgan fingerprint density at radius 2 is 1.83 bits per heavy atom. The van der Waals surface area contributed by atoms with E-state index in [9.17, 15) is 14.7 Å². The molecule has 0 radical (unpaired) electrons. The number of aryl methyl sites for hydroxylation is 1. The molecule has 1 unspecified atom stereocenters. The largest absolute Gasteiger partial charge is 0.503 e. The van der Waals surface area contributed by atoms with Crippen LogP contribution in [0.25, 0.3) is 11.0 Å². The number of aliphatic hydroxyl groups excluding tert-OH is 1. The molecule has 1 atom stereocenters. The Bertz CT molecular complexity index is 1530. The molecule has 0 saturated heterocycles. The van der Waals surface area contributed by atoms with Crippen LogP contribution in [0.3, 0.4) is 0 Å². The first-order valence-electron chi connectivity index (χ1n) is 10.5. The number of aliphatic hydroxyl groups is 1. The lowest BCUT2D eigenvalue weighted by molar-refractivity contribution is -0.117. The van der Waals surface area contributed by atoms with Crippen LogP contribution in [0, 0.1) is 6.92 Å². The third-order valence-electron chi connectivity index (χ3n) is 5.88. The maximum absolute atomic E-state index is 13.8. The molecule has 1 amide bonds. The van der Waals surface area contributed by atoms with Crippen molar-refractivity contribution in [2.45, 2.75) is 13.0 Å². The van der Waals surface area contributed by atoms with Crippen LogP contribution in [0.15, 0.2) is 76.7 Å². The van der Waals surface area contributed by atoms with Crippen molar-refractivity contribution in [1.82, 2.24) is 4.98 Å². The van der Waals surface area contributed by atoms with Crippen molar-refractivity contribution < 1.29 is 23.8 Å². The van der Waals surface area contributed by atoms with Gasteiger partial charge in [-0.2, -0.15) is 0 Å². The number of methoxy groups -OCH3 is 1. The highest BCUT2D eigenvalue weighted by Gasteiger charge is 2.45. The normalized spacial score (nSPS) is 15.8. The van der Waals surface area contributed by atoms with Crippen molar-refractivity contribution in [1.29, 1.82) is 0 Å². The highest BCUT2D eigenvalue weighted by Crippen LogP contribution is 2.44. The van der Waals surface area contributed by atoms with E-state index in [0.29, 0.717) is 43.6 Å². The molecule has 9 heteroatoms. The van der Waals surface area contributed by atoms with Crippen LogP contribution in [0.2, 0.25) is 10.0 Å². The number of hydrogen-bond donors (Lipinski definition) is 1. The van der Waals surface area contributed by atoms with Gasteiger partial charge >= 0.3 is 0 Å². The molecule has 0 fully saturated rings. The molecule has 7 nitrogen and oxygen atoms in total. The van der Waals surface area contributed by atoms with Gasteiger partial charge in [0.2, 0.25) is 5.78 Å². The number of halogens is 2. The molecule has 176 valence electrons. The van der Waals surface area contributed by atoms with Crippen molar-refractivity contribution in [3.8, 4) is 5.75 Å². The van der Waals surface area contributed by atoms with Crippen LogP contribution in [-0.2, 0) is 4.79 Å². The highest BCUT2D eigenvalue weighted by molar-refractivity contribution is 6.32. The molecular weight excluding hydrogens is 491 g/mol. The van der Waals surface area contributed by atoms with Crippen molar-refractivity contribution >= 4 is 51.5 Å². The fraction of sp³-hybridized carbons (Fsp3) is 0.115. The Balaban J connectivity index is 1.67. The average Bonchev–Trinajstić information content (AvgIpc) is 3.38. The molecule has 1 N–H and O–H groups in total. The maximum Gasteiger partial charge on any atom is 0.294 e. The summed E-state index contributed by atoms with van der Waals surface area (Å²) in [5, 5.41) is 12.4. The molecular formula is C26H18Cl2N2O5. The zero-order chi connectivity index (χ0) is 24.9. The third-order valence-corrected chi connectivity index (χ3v) is 6.34. The van der Waals surface area contributed by atoms with Crippen LogP contribution in [0.5, 0.6) is 5.75 Å². The van der Waals surface area contributed by atoms with Crippen LogP contribution < -0.4 is 9.64 Å². The molecule has 1 aliphatic heterocycles. The standard InChI is InChI=1S/C26H18Cl2N2O5/c1-13-9-16(27)3-4-18(13)30-22(14-5-7-29-8-6-14)21(24(32)26(30)33)23(31)19-11-15-10-17(28)12-20(34-2)25(15)35-19/h3-12,22,32H,1-2H3. The summed E-state index contributed by atoms with van der Waals surface area (Å²) in [5.41, 5.74) is 2.02. The summed E-state index contributed by atoms with van der Waals surface area (Å²) in [6, 6.07) is 12.2. The summed E-state index contributed by atoms with van der Waals surface area (Å²) in [6.45, 7) is 1.80. The quantitative estimate of drug-likeness (QED) is 0.321. The smallest absolute Gasteiger partial charge is 0.294 e. The van der Waals surface area contributed by atoms with E-state index in [2.05, 4.69) is 4.98 Å². The zero-order valence-corrected chi connectivity index (χ0v) is 20.1. The monoisotopic (exact) mass is 508 g/mol. The molecule has 5 rings (SSSR count). The van der Waals surface area contributed by atoms with E-state index in [-0.39, 0.29) is 11.3 Å². The number of carbonyl (C=O) groups excluding carboxylic acids is 2. The zero-order valence-electron chi connectivity index (χ0n) is 18.6. The van der Waals surface area contributed by atoms with Crippen molar-refractivity contribution in [3.63, 3.8) is 0 Å².